The normalized spacial score (nSPS) is 10.4. The summed E-state index contributed by atoms with van der Waals surface area (Å²) in [5.74, 6) is 0. The fourth-order valence-electron chi connectivity index (χ4n) is 1.41. The summed E-state index contributed by atoms with van der Waals surface area (Å²) in [6.07, 6.45) is 2.96. The lowest BCUT2D eigenvalue weighted by Crippen LogP contribution is -2.38. The molecule has 0 aliphatic rings. The van der Waals surface area contributed by atoms with Crippen LogP contribution in [0.25, 0.3) is 0 Å². The second-order valence-electron chi connectivity index (χ2n) is 3.42. The van der Waals surface area contributed by atoms with Crippen LogP contribution in [0.3, 0.4) is 0 Å². The third kappa shape index (κ3) is 3.00. The quantitative estimate of drug-likeness (QED) is 0.440. The molecule has 0 amide bonds. The number of nitrogens with zero attached hydrogens (tertiary/aromatic N) is 1. The topological polar surface area (TPSA) is 33.3 Å². The number of unbranched alkanes of at least 4 members (excludes halogenated alkanes) is 1. The summed E-state index contributed by atoms with van der Waals surface area (Å²) in [7, 11) is 1.71. The van der Waals surface area contributed by atoms with Gasteiger partial charge in [0.05, 0.1) is 0 Å². The van der Waals surface area contributed by atoms with Gasteiger partial charge in [-0.05, 0) is 18.9 Å². The van der Waals surface area contributed by atoms with Gasteiger partial charge in [-0.1, -0.05) is 0 Å². The van der Waals surface area contributed by atoms with E-state index in [0.717, 1.165) is 37.3 Å². The summed E-state index contributed by atoms with van der Waals surface area (Å²) in [5, 5.41) is 9.64. The number of hydrogen-bond acceptors (Lipinski definition) is 2. The molecule has 1 rings (SSSR count). The highest BCUT2D eigenvalue weighted by atomic mass is 16.5. The third-order valence-corrected chi connectivity index (χ3v) is 2.26. The molecule has 1 aromatic heterocycles. The Balaban J connectivity index is 2.46. The molecule has 1 aromatic rings. The number of hydrogen-bond donors (Lipinski definition) is 1. The van der Waals surface area contributed by atoms with Crippen molar-refractivity contribution in [2.75, 3.05) is 13.7 Å². The van der Waals surface area contributed by atoms with Crippen LogP contribution in [-0.4, -0.2) is 18.9 Å². The molecular formula is C11H18NO2+. The fourth-order valence-corrected chi connectivity index (χ4v) is 1.41. The maximum Gasteiger partial charge on any atom is 0.234 e. The molecule has 3 nitrogen and oxygen atoms in total. The second-order valence-corrected chi connectivity index (χ2v) is 3.42. The lowest BCUT2D eigenvalue weighted by atomic mass is 10.2. The molecule has 78 valence electrons. The van der Waals surface area contributed by atoms with Crippen LogP contribution in [0.4, 0.5) is 0 Å². The molecule has 0 fully saturated rings. The minimum Gasteiger partial charge on any atom is -0.385 e. The summed E-state index contributed by atoms with van der Waals surface area (Å²) < 4.78 is 6.22. The minimum atomic E-state index is 0.789. The Bertz CT molecular complexity index is 287. The lowest BCUT2D eigenvalue weighted by Gasteiger charge is -1.99. The van der Waals surface area contributed by atoms with E-state index in [0.29, 0.717) is 0 Å². The average molecular weight is 196 g/mol. The molecule has 0 bridgehead atoms. The van der Waals surface area contributed by atoms with Crippen molar-refractivity contribution in [3.63, 3.8) is 0 Å². The maximum absolute atomic E-state index is 9.64. The summed E-state index contributed by atoms with van der Waals surface area (Å²) in [5.41, 5.74) is 1.83. The van der Waals surface area contributed by atoms with E-state index in [1.807, 2.05) is 25.1 Å². The first-order chi connectivity index (χ1) is 6.75. The molecule has 0 saturated heterocycles. The Hall–Kier alpha value is -1.09. The zero-order valence-electron chi connectivity index (χ0n) is 8.86. The van der Waals surface area contributed by atoms with Gasteiger partial charge in [0.25, 0.3) is 0 Å². The van der Waals surface area contributed by atoms with E-state index in [4.69, 9.17) is 4.74 Å². The largest absolute Gasteiger partial charge is 0.385 e. The smallest absolute Gasteiger partial charge is 0.234 e. The van der Waals surface area contributed by atoms with Crippen LogP contribution >= 0.6 is 0 Å². The van der Waals surface area contributed by atoms with Crippen molar-refractivity contribution in [1.82, 2.24) is 0 Å². The van der Waals surface area contributed by atoms with Crippen molar-refractivity contribution in [3.05, 3.63) is 29.6 Å². The van der Waals surface area contributed by atoms with Gasteiger partial charge in [0, 0.05) is 43.9 Å². The number of pyridine rings is 1. The molecule has 0 aliphatic carbocycles. The van der Waals surface area contributed by atoms with Crippen molar-refractivity contribution in [1.29, 1.82) is 0 Å². The van der Waals surface area contributed by atoms with Gasteiger partial charge in [0.15, 0.2) is 0 Å². The first-order valence-electron chi connectivity index (χ1n) is 4.94. The molecule has 0 radical (unpaired) electrons. The van der Waals surface area contributed by atoms with Crippen LogP contribution in [0, 0.1) is 6.92 Å². The van der Waals surface area contributed by atoms with Crippen LogP contribution in [-0.2, 0) is 11.2 Å². The van der Waals surface area contributed by atoms with E-state index in [9.17, 15) is 5.21 Å². The van der Waals surface area contributed by atoms with Crippen molar-refractivity contribution >= 4 is 0 Å². The summed E-state index contributed by atoms with van der Waals surface area (Å²) in [4.78, 5) is 0. The molecule has 1 N–H and O–H groups in total. The Morgan fingerprint density at radius 1 is 1.36 bits per heavy atom. The molecular weight excluding hydrogens is 178 g/mol. The second kappa shape index (κ2) is 5.60. The molecule has 1 heterocycles. The molecule has 0 atom stereocenters. The van der Waals surface area contributed by atoms with Gasteiger partial charge in [-0.2, -0.15) is 0 Å². The number of rotatable bonds is 5. The Morgan fingerprint density at radius 3 is 2.86 bits per heavy atom. The van der Waals surface area contributed by atoms with Gasteiger partial charge in [0.1, 0.15) is 0 Å². The highest BCUT2D eigenvalue weighted by molar-refractivity contribution is 5.02. The van der Waals surface area contributed by atoms with Gasteiger partial charge >= 0.3 is 0 Å². The SMILES string of the molecule is COCCCCc1cccc(C)[n+]1O. The summed E-state index contributed by atoms with van der Waals surface area (Å²) in [6, 6.07) is 5.80. The first-order valence-corrected chi connectivity index (χ1v) is 4.94. The standard InChI is InChI=1S/C11H18NO2/c1-10-6-5-8-11(12(10)13)7-3-4-9-14-2/h5-6,8,13H,3-4,7,9H2,1-2H3/q+1. The van der Waals surface area contributed by atoms with Crippen LogP contribution in [0.2, 0.25) is 0 Å². The maximum atomic E-state index is 9.64. The number of aryl methyl sites for hydroxylation is 2. The predicted molar refractivity (Wildman–Crippen MR) is 53.4 cm³/mol. The first kappa shape index (κ1) is 11.0. The number of ether oxygens (including phenoxy) is 1. The molecule has 0 aliphatic heterocycles. The average Bonchev–Trinajstić information content (AvgIpc) is 2.19. The monoisotopic (exact) mass is 196 g/mol. The van der Waals surface area contributed by atoms with Crippen LogP contribution in [0.5, 0.6) is 0 Å². The Kier molecular flexibility index (Phi) is 4.40. The van der Waals surface area contributed by atoms with E-state index in [-0.39, 0.29) is 0 Å². The number of aromatic nitrogens is 1. The van der Waals surface area contributed by atoms with Crippen molar-refractivity contribution in [3.8, 4) is 0 Å². The number of methoxy groups -OCH3 is 1. The lowest BCUT2D eigenvalue weighted by molar-refractivity contribution is -0.913. The Labute approximate surface area is 84.9 Å². The molecule has 3 heteroatoms. The van der Waals surface area contributed by atoms with Crippen LogP contribution in [0.1, 0.15) is 24.2 Å². The zero-order valence-corrected chi connectivity index (χ0v) is 8.86. The van der Waals surface area contributed by atoms with E-state index >= 15 is 0 Å². The van der Waals surface area contributed by atoms with Crippen LogP contribution < -0.4 is 4.73 Å². The molecule has 0 aromatic carbocycles. The highest BCUT2D eigenvalue weighted by Gasteiger charge is 2.11. The van der Waals surface area contributed by atoms with Crippen LogP contribution in [0.15, 0.2) is 18.2 Å². The third-order valence-electron chi connectivity index (χ3n) is 2.26. The van der Waals surface area contributed by atoms with Gasteiger partial charge in [-0.3, -0.25) is 5.21 Å². The molecule has 0 spiro atoms. The predicted octanol–water partition coefficient (Wildman–Crippen LogP) is 1.49. The van der Waals surface area contributed by atoms with Gasteiger partial charge in [-0.25, -0.2) is 0 Å². The summed E-state index contributed by atoms with van der Waals surface area (Å²) in [6.45, 7) is 2.68. The molecule has 14 heavy (non-hydrogen) atoms. The van der Waals surface area contributed by atoms with Crippen molar-refractivity contribution < 1.29 is 14.7 Å². The van der Waals surface area contributed by atoms with Gasteiger partial charge in [0.2, 0.25) is 11.4 Å². The zero-order chi connectivity index (χ0) is 10.4. The fraction of sp³-hybridized carbons (Fsp3) is 0.545. The Morgan fingerprint density at radius 2 is 2.14 bits per heavy atom. The minimum absolute atomic E-state index is 0.789. The van der Waals surface area contributed by atoms with E-state index < -0.39 is 0 Å². The highest BCUT2D eigenvalue weighted by Crippen LogP contribution is 2.01. The molecule has 0 saturated carbocycles. The van der Waals surface area contributed by atoms with E-state index in [1.54, 1.807) is 7.11 Å². The molecule has 0 unspecified atom stereocenters. The summed E-state index contributed by atoms with van der Waals surface area (Å²) >= 11 is 0. The van der Waals surface area contributed by atoms with E-state index in [1.165, 1.54) is 4.73 Å². The van der Waals surface area contributed by atoms with Gasteiger partial charge < -0.3 is 4.74 Å². The van der Waals surface area contributed by atoms with Gasteiger partial charge in [-0.15, -0.1) is 0 Å². The van der Waals surface area contributed by atoms with Crippen molar-refractivity contribution in [2.24, 2.45) is 0 Å². The van der Waals surface area contributed by atoms with E-state index in [2.05, 4.69) is 0 Å². The van der Waals surface area contributed by atoms with Crippen molar-refractivity contribution in [2.45, 2.75) is 26.2 Å².